The maximum atomic E-state index is 12.1. The second-order valence-corrected chi connectivity index (χ2v) is 7.54. The van der Waals surface area contributed by atoms with Gasteiger partial charge in [-0.1, -0.05) is 38.1 Å². The van der Waals surface area contributed by atoms with Crippen molar-refractivity contribution in [2.75, 3.05) is 38.1 Å². The zero-order valence-electron chi connectivity index (χ0n) is 16.6. The summed E-state index contributed by atoms with van der Waals surface area (Å²) in [6, 6.07) is 8.92. The molecule has 2 aliphatic heterocycles. The van der Waals surface area contributed by atoms with Gasteiger partial charge in [0.05, 0.1) is 0 Å². The van der Waals surface area contributed by atoms with Crippen LogP contribution in [0.4, 0.5) is 5.69 Å². The minimum absolute atomic E-state index is 0.0560. The molecule has 3 rings (SSSR count). The maximum absolute atomic E-state index is 12.1. The highest BCUT2D eigenvalue weighted by atomic mass is 16.2. The number of aliphatic imine (C=N–C) groups is 1. The molecule has 6 nitrogen and oxygen atoms in total. The molecule has 1 saturated heterocycles. The Hall–Kier alpha value is -2.50. The molecule has 0 aromatic heterocycles. The van der Waals surface area contributed by atoms with Gasteiger partial charge in [-0.05, 0) is 24.1 Å². The number of rotatable bonds is 5. The molecule has 146 valence electrons. The Morgan fingerprint density at radius 3 is 2.56 bits per heavy atom. The summed E-state index contributed by atoms with van der Waals surface area (Å²) in [5.41, 5.74) is 2.48. The molecule has 27 heavy (non-hydrogen) atoms. The highest BCUT2D eigenvalue weighted by Gasteiger charge is 2.27. The summed E-state index contributed by atoms with van der Waals surface area (Å²) in [5.74, 6) is 1.07. The Morgan fingerprint density at radius 2 is 1.93 bits per heavy atom. The van der Waals surface area contributed by atoms with E-state index < -0.39 is 0 Å². The lowest BCUT2D eigenvalue weighted by Crippen LogP contribution is -2.45. The summed E-state index contributed by atoms with van der Waals surface area (Å²) in [4.78, 5) is 20.7. The predicted octanol–water partition coefficient (Wildman–Crippen LogP) is 1.98. The van der Waals surface area contributed by atoms with Gasteiger partial charge in [0.25, 0.3) is 0 Å². The van der Waals surface area contributed by atoms with Gasteiger partial charge in [-0.25, -0.2) is 0 Å². The van der Waals surface area contributed by atoms with Crippen LogP contribution in [0.15, 0.2) is 41.4 Å². The van der Waals surface area contributed by atoms with Gasteiger partial charge in [0, 0.05) is 57.4 Å². The van der Waals surface area contributed by atoms with Crippen molar-refractivity contribution >= 4 is 17.6 Å². The van der Waals surface area contributed by atoms with E-state index in [-0.39, 0.29) is 17.9 Å². The molecule has 1 atom stereocenters. The minimum atomic E-state index is 0.0560. The fourth-order valence-electron chi connectivity index (χ4n) is 3.53. The number of likely N-dealkylation sites (tertiary alicyclic amines) is 1. The summed E-state index contributed by atoms with van der Waals surface area (Å²) < 4.78 is 0. The number of nitrogens with zero attached hydrogens (tertiary/aromatic N) is 3. The SMILES string of the molecule is CN=C(NCc1ccc(N2CC=CC2)cc1)NC1CCN(C(=O)C(C)C)C1. The summed E-state index contributed by atoms with van der Waals surface area (Å²) in [6.45, 7) is 8.18. The van der Waals surface area contributed by atoms with E-state index in [4.69, 9.17) is 0 Å². The van der Waals surface area contributed by atoms with Crippen LogP contribution in [0.5, 0.6) is 0 Å². The molecule has 6 heteroatoms. The number of amides is 1. The van der Waals surface area contributed by atoms with E-state index >= 15 is 0 Å². The Kier molecular flexibility index (Phi) is 6.37. The largest absolute Gasteiger partial charge is 0.364 e. The fraction of sp³-hybridized carbons (Fsp3) is 0.524. The number of nitrogens with one attached hydrogen (secondary N) is 2. The monoisotopic (exact) mass is 369 g/mol. The van der Waals surface area contributed by atoms with Crippen molar-refractivity contribution in [3.8, 4) is 0 Å². The van der Waals surface area contributed by atoms with E-state index in [0.29, 0.717) is 0 Å². The minimum Gasteiger partial charge on any atom is -0.364 e. The van der Waals surface area contributed by atoms with Crippen LogP contribution in [0.1, 0.15) is 25.8 Å². The Balaban J connectivity index is 1.46. The molecular weight excluding hydrogens is 338 g/mol. The molecule has 1 unspecified atom stereocenters. The Morgan fingerprint density at radius 1 is 1.22 bits per heavy atom. The Bertz CT molecular complexity index is 687. The van der Waals surface area contributed by atoms with Gasteiger partial charge in [-0.3, -0.25) is 9.79 Å². The number of carbonyl (C=O) groups is 1. The van der Waals surface area contributed by atoms with Crippen LogP contribution in [0, 0.1) is 5.92 Å². The molecule has 1 fully saturated rings. The number of carbonyl (C=O) groups excluding carboxylic acids is 1. The van der Waals surface area contributed by atoms with Gasteiger partial charge in [0.2, 0.25) is 5.91 Å². The van der Waals surface area contributed by atoms with Crippen LogP contribution >= 0.6 is 0 Å². The number of hydrogen-bond donors (Lipinski definition) is 2. The predicted molar refractivity (Wildman–Crippen MR) is 111 cm³/mol. The van der Waals surface area contributed by atoms with Gasteiger partial charge < -0.3 is 20.4 Å². The summed E-state index contributed by atoms with van der Waals surface area (Å²) >= 11 is 0. The normalized spacial score (nSPS) is 19.9. The topological polar surface area (TPSA) is 60.0 Å². The number of hydrogen-bond acceptors (Lipinski definition) is 3. The van der Waals surface area contributed by atoms with Gasteiger partial charge >= 0.3 is 0 Å². The van der Waals surface area contributed by atoms with Crippen LogP contribution in [-0.2, 0) is 11.3 Å². The first-order valence-corrected chi connectivity index (χ1v) is 9.81. The average Bonchev–Trinajstić information content (AvgIpc) is 3.37. The molecule has 0 radical (unpaired) electrons. The van der Waals surface area contributed by atoms with Crippen molar-refractivity contribution < 1.29 is 4.79 Å². The summed E-state index contributed by atoms with van der Waals surface area (Å²) in [7, 11) is 1.78. The van der Waals surface area contributed by atoms with Gasteiger partial charge in [0.15, 0.2) is 5.96 Å². The second kappa shape index (κ2) is 8.93. The van der Waals surface area contributed by atoms with E-state index in [1.807, 2.05) is 18.7 Å². The van der Waals surface area contributed by atoms with Gasteiger partial charge in [-0.2, -0.15) is 0 Å². The standard InChI is InChI=1S/C21H31N5O/c1-16(2)20(27)26-13-10-18(15-26)24-21(22-3)23-14-17-6-8-19(9-7-17)25-11-4-5-12-25/h4-9,16,18H,10-15H2,1-3H3,(H2,22,23,24). The van der Waals surface area contributed by atoms with Crippen LogP contribution in [0.3, 0.4) is 0 Å². The third kappa shape index (κ3) is 5.02. The molecule has 2 heterocycles. The van der Waals surface area contributed by atoms with E-state index in [1.54, 1.807) is 7.05 Å². The molecule has 2 aliphatic rings. The van der Waals surface area contributed by atoms with Crippen molar-refractivity contribution in [1.82, 2.24) is 15.5 Å². The zero-order valence-corrected chi connectivity index (χ0v) is 16.6. The first-order valence-electron chi connectivity index (χ1n) is 9.81. The molecule has 1 aromatic carbocycles. The van der Waals surface area contributed by atoms with Crippen molar-refractivity contribution in [3.63, 3.8) is 0 Å². The number of guanidine groups is 1. The number of benzene rings is 1. The highest BCUT2D eigenvalue weighted by molar-refractivity contribution is 5.81. The molecule has 2 N–H and O–H groups in total. The second-order valence-electron chi connectivity index (χ2n) is 7.54. The molecule has 1 amide bonds. The highest BCUT2D eigenvalue weighted by Crippen LogP contribution is 2.17. The van der Waals surface area contributed by atoms with Crippen LogP contribution < -0.4 is 15.5 Å². The van der Waals surface area contributed by atoms with Crippen LogP contribution in [0.2, 0.25) is 0 Å². The fourth-order valence-corrected chi connectivity index (χ4v) is 3.53. The van der Waals surface area contributed by atoms with Crippen LogP contribution in [0.25, 0.3) is 0 Å². The van der Waals surface area contributed by atoms with E-state index in [0.717, 1.165) is 45.1 Å². The van der Waals surface area contributed by atoms with Crippen molar-refractivity contribution in [2.45, 2.75) is 32.9 Å². The lowest BCUT2D eigenvalue weighted by Gasteiger charge is -2.20. The third-order valence-electron chi connectivity index (χ3n) is 5.14. The van der Waals surface area contributed by atoms with Crippen LogP contribution in [-0.4, -0.2) is 56.0 Å². The third-order valence-corrected chi connectivity index (χ3v) is 5.14. The molecule has 0 aliphatic carbocycles. The molecule has 0 saturated carbocycles. The quantitative estimate of drug-likeness (QED) is 0.473. The smallest absolute Gasteiger partial charge is 0.225 e. The van der Waals surface area contributed by atoms with E-state index in [1.165, 1.54) is 11.3 Å². The lowest BCUT2D eigenvalue weighted by atomic mass is 10.2. The molecular formula is C21H31N5O. The lowest BCUT2D eigenvalue weighted by molar-refractivity contribution is -0.133. The zero-order chi connectivity index (χ0) is 19.2. The van der Waals surface area contributed by atoms with Crippen molar-refractivity contribution in [2.24, 2.45) is 10.9 Å². The van der Waals surface area contributed by atoms with E-state index in [2.05, 4.69) is 56.9 Å². The first-order chi connectivity index (χ1) is 13.1. The van der Waals surface area contributed by atoms with Gasteiger partial charge in [0.1, 0.15) is 0 Å². The van der Waals surface area contributed by atoms with Crippen molar-refractivity contribution in [1.29, 1.82) is 0 Å². The summed E-state index contributed by atoms with van der Waals surface area (Å²) in [5, 5.41) is 6.82. The molecule has 1 aromatic rings. The van der Waals surface area contributed by atoms with Gasteiger partial charge in [-0.15, -0.1) is 0 Å². The first kappa shape index (κ1) is 19.3. The molecule has 0 bridgehead atoms. The summed E-state index contributed by atoms with van der Waals surface area (Å²) in [6.07, 6.45) is 5.35. The average molecular weight is 370 g/mol. The maximum Gasteiger partial charge on any atom is 0.225 e. The molecule has 0 spiro atoms. The van der Waals surface area contributed by atoms with E-state index in [9.17, 15) is 4.79 Å². The van der Waals surface area contributed by atoms with Crippen molar-refractivity contribution in [3.05, 3.63) is 42.0 Å². The number of anilines is 1. The Labute approximate surface area is 162 Å².